The van der Waals surface area contributed by atoms with E-state index in [-0.39, 0.29) is 0 Å². The summed E-state index contributed by atoms with van der Waals surface area (Å²) in [6.07, 6.45) is 13.2. The van der Waals surface area contributed by atoms with Crippen molar-refractivity contribution in [3.8, 4) is 0 Å². The third-order valence-corrected chi connectivity index (χ3v) is 4.81. The highest BCUT2D eigenvalue weighted by Gasteiger charge is 2.33. The van der Waals surface area contributed by atoms with Crippen molar-refractivity contribution < 1.29 is 0 Å². The summed E-state index contributed by atoms with van der Waals surface area (Å²) in [4.78, 5) is 0. The summed E-state index contributed by atoms with van der Waals surface area (Å²) in [5.41, 5.74) is 3.39. The lowest BCUT2D eigenvalue weighted by Crippen LogP contribution is -2.26. The van der Waals surface area contributed by atoms with Crippen LogP contribution < -0.4 is 0 Å². The van der Waals surface area contributed by atoms with E-state index in [9.17, 15) is 0 Å². The number of fused-ring (bicyclic) bond motifs is 2. The fourth-order valence-electron chi connectivity index (χ4n) is 3.72. The zero-order valence-corrected chi connectivity index (χ0v) is 10.0. The van der Waals surface area contributed by atoms with Gasteiger partial charge >= 0.3 is 0 Å². The molecule has 0 aromatic rings. The average Bonchev–Trinajstić information content (AvgIpc) is 2.29. The van der Waals surface area contributed by atoms with E-state index < -0.39 is 0 Å². The summed E-state index contributed by atoms with van der Waals surface area (Å²) < 4.78 is 0. The molecule has 0 radical (unpaired) electrons. The summed E-state index contributed by atoms with van der Waals surface area (Å²) in [6, 6.07) is 0. The number of hydrogen-bond donors (Lipinski definition) is 0. The van der Waals surface area contributed by atoms with Gasteiger partial charge in [-0.1, -0.05) is 30.0 Å². The number of rotatable bonds is 0. The van der Waals surface area contributed by atoms with Crippen molar-refractivity contribution in [3.05, 3.63) is 22.3 Å². The van der Waals surface area contributed by atoms with Crippen molar-refractivity contribution in [1.29, 1.82) is 0 Å². The molecule has 82 valence electrons. The molecule has 0 aromatic heterocycles. The van der Waals surface area contributed by atoms with Crippen LogP contribution in [0.5, 0.6) is 0 Å². The Morgan fingerprint density at radius 2 is 1.87 bits per heavy atom. The highest BCUT2D eigenvalue weighted by atomic mass is 35.5. The SMILES string of the molecule is ClC1=CC2=C(CC1)CC[C@@H]1CCCC[C@H]21. The van der Waals surface area contributed by atoms with Crippen LogP contribution in [0.1, 0.15) is 51.4 Å². The first-order valence-electron chi connectivity index (χ1n) is 6.42. The van der Waals surface area contributed by atoms with Crippen LogP contribution in [0.25, 0.3) is 0 Å². The third kappa shape index (κ3) is 1.78. The molecule has 1 heteroatoms. The Balaban J connectivity index is 1.93. The first-order valence-corrected chi connectivity index (χ1v) is 6.80. The maximum absolute atomic E-state index is 6.19. The number of hydrogen-bond acceptors (Lipinski definition) is 0. The van der Waals surface area contributed by atoms with E-state index in [1.807, 2.05) is 0 Å². The van der Waals surface area contributed by atoms with Crippen molar-refractivity contribution in [3.63, 3.8) is 0 Å². The highest BCUT2D eigenvalue weighted by Crippen LogP contribution is 2.47. The van der Waals surface area contributed by atoms with Gasteiger partial charge in [0.15, 0.2) is 0 Å². The quantitative estimate of drug-likeness (QED) is 0.552. The standard InChI is InChI=1S/C14H19Cl/c15-12-8-7-11-6-5-10-3-1-2-4-13(10)14(11)9-12/h9-10,13H,1-8H2/t10-,13-/m0/s1. The smallest absolute Gasteiger partial charge is 0.0187 e. The van der Waals surface area contributed by atoms with Gasteiger partial charge < -0.3 is 0 Å². The summed E-state index contributed by atoms with van der Waals surface area (Å²) in [5, 5.41) is 1.10. The Hall–Kier alpha value is -0.230. The van der Waals surface area contributed by atoms with Crippen LogP contribution in [0, 0.1) is 11.8 Å². The van der Waals surface area contributed by atoms with Crippen LogP contribution in [0.2, 0.25) is 0 Å². The summed E-state index contributed by atoms with van der Waals surface area (Å²) in [6.45, 7) is 0. The van der Waals surface area contributed by atoms with Crippen LogP contribution in [0.3, 0.4) is 0 Å². The van der Waals surface area contributed by atoms with E-state index >= 15 is 0 Å². The monoisotopic (exact) mass is 222 g/mol. The second-order valence-electron chi connectivity index (χ2n) is 5.34. The zero-order chi connectivity index (χ0) is 10.3. The van der Waals surface area contributed by atoms with Gasteiger partial charge in [0.1, 0.15) is 0 Å². The van der Waals surface area contributed by atoms with E-state index in [2.05, 4.69) is 6.08 Å². The molecule has 3 aliphatic carbocycles. The molecular weight excluding hydrogens is 204 g/mol. The minimum absolute atomic E-state index is 0.872. The van der Waals surface area contributed by atoms with E-state index in [4.69, 9.17) is 11.6 Å². The Morgan fingerprint density at radius 1 is 1.00 bits per heavy atom. The van der Waals surface area contributed by atoms with Crippen molar-refractivity contribution >= 4 is 11.6 Å². The molecule has 1 fully saturated rings. The zero-order valence-electron chi connectivity index (χ0n) is 9.27. The van der Waals surface area contributed by atoms with Gasteiger partial charge in [-0.3, -0.25) is 0 Å². The molecule has 0 unspecified atom stereocenters. The van der Waals surface area contributed by atoms with Gasteiger partial charge in [0.25, 0.3) is 0 Å². The normalized spacial score (nSPS) is 35.7. The second kappa shape index (κ2) is 3.97. The molecule has 1 saturated carbocycles. The molecule has 0 aromatic carbocycles. The molecule has 0 spiro atoms. The molecular formula is C14H19Cl. The second-order valence-corrected chi connectivity index (χ2v) is 5.83. The van der Waals surface area contributed by atoms with Gasteiger partial charge in [0.05, 0.1) is 0 Å². The molecule has 0 N–H and O–H groups in total. The van der Waals surface area contributed by atoms with Crippen LogP contribution in [-0.2, 0) is 0 Å². The lowest BCUT2D eigenvalue weighted by atomic mass is 9.66. The average molecular weight is 223 g/mol. The van der Waals surface area contributed by atoms with Gasteiger partial charge in [-0.25, -0.2) is 0 Å². The number of halogens is 1. The van der Waals surface area contributed by atoms with Gasteiger partial charge in [-0.15, -0.1) is 0 Å². The molecule has 0 amide bonds. The minimum atomic E-state index is 0.872. The van der Waals surface area contributed by atoms with Gasteiger partial charge in [-0.2, -0.15) is 0 Å². The van der Waals surface area contributed by atoms with Crippen molar-refractivity contribution in [2.75, 3.05) is 0 Å². The van der Waals surface area contributed by atoms with Crippen LogP contribution in [0.4, 0.5) is 0 Å². The van der Waals surface area contributed by atoms with Crippen LogP contribution >= 0.6 is 11.6 Å². The first kappa shape index (κ1) is 9.96. The van der Waals surface area contributed by atoms with Gasteiger partial charge in [0.2, 0.25) is 0 Å². The topological polar surface area (TPSA) is 0 Å². The van der Waals surface area contributed by atoms with E-state index in [0.717, 1.165) is 23.3 Å². The van der Waals surface area contributed by atoms with Crippen molar-refractivity contribution in [2.45, 2.75) is 51.4 Å². The minimum Gasteiger partial charge on any atom is -0.0891 e. The maximum Gasteiger partial charge on any atom is 0.0187 e. The Morgan fingerprint density at radius 3 is 2.80 bits per heavy atom. The Labute approximate surface area is 97.4 Å². The van der Waals surface area contributed by atoms with E-state index in [0.29, 0.717) is 0 Å². The molecule has 2 atom stereocenters. The Kier molecular flexibility index (Phi) is 2.64. The fraction of sp³-hybridized carbons (Fsp3) is 0.714. The summed E-state index contributed by atoms with van der Waals surface area (Å²) >= 11 is 6.19. The predicted molar refractivity (Wildman–Crippen MR) is 64.9 cm³/mol. The molecule has 3 aliphatic rings. The Bertz CT molecular complexity index is 324. The van der Waals surface area contributed by atoms with Crippen molar-refractivity contribution in [1.82, 2.24) is 0 Å². The van der Waals surface area contributed by atoms with Crippen LogP contribution in [-0.4, -0.2) is 0 Å². The lowest BCUT2D eigenvalue weighted by molar-refractivity contribution is 0.243. The number of allylic oxidation sites excluding steroid dienone is 4. The molecule has 0 nitrogen and oxygen atoms in total. The van der Waals surface area contributed by atoms with Gasteiger partial charge in [0, 0.05) is 5.03 Å². The molecule has 0 aliphatic heterocycles. The molecule has 3 rings (SSSR count). The summed E-state index contributed by atoms with van der Waals surface area (Å²) in [7, 11) is 0. The van der Waals surface area contributed by atoms with Crippen LogP contribution in [0.15, 0.2) is 22.3 Å². The molecule has 15 heavy (non-hydrogen) atoms. The largest absolute Gasteiger partial charge is 0.0891 e. The molecule has 0 heterocycles. The lowest BCUT2D eigenvalue weighted by Gasteiger charge is -2.39. The summed E-state index contributed by atoms with van der Waals surface area (Å²) in [5.74, 6) is 1.85. The fourth-order valence-corrected chi connectivity index (χ4v) is 3.93. The third-order valence-electron chi connectivity index (χ3n) is 4.51. The van der Waals surface area contributed by atoms with E-state index in [1.54, 1.807) is 11.1 Å². The first-order chi connectivity index (χ1) is 7.34. The van der Waals surface area contributed by atoms with Crippen molar-refractivity contribution in [2.24, 2.45) is 11.8 Å². The molecule has 0 bridgehead atoms. The highest BCUT2D eigenvalue weighted by molar-refractivity contribution is 6.29. The van der Waals surface area contributed by atoms with Gasteiger partial charge in [-0.05, 0) is 62.0 Å². The van der Waals surface area contributed by atoms with E-state index in [1.165, 1.54) is 44.9 Å². The maximum atomic E-state index is 6.19. The predicted octanol–water partition coefficient (Wildman–Crippen LogP) is 4.80. The molecule has 0 saturated heterocycles.